The normalized spacial score (nSPS) is 11.4. The first-order chi connectivity index (χ1) is 13.5. The van der Waals surface area contributed by atoms with Gasteiger partial charge in [0.05, 0.1) is 11.3 Å². The van der Waals surface area contributed by atoms with E-state index in [9.17, 15) is 9.90 Å². The zero-order valence-corrected chi connectivity index (χ0v) is 15.6. The summed E-state index contributed by atoms with van der Waals surface area (Å²) in [5.41, 5.74) is 2.66. The van der Waals surface area contributed by atoms with Gasteiger partial charge in [0.1, 0.15) is 0 Å². The Balaban J connectivity index is 1.99. The van der Waals surface area contributed by atoms with Crippen molar-refractivity contribution >= 4 is 22.8 Å². The Morgan fingerprint density at radius 1 is 0.964 bits per heavy atom. The second-order valence-corrected chi connectivity index (χ2v) is 6.66. The summed E-state index contributed by atoms with van der Waals surface area (Å²) < 4.78 is 1.32. The van der Waals surface area contributed by atoms with E-state index in [1.54, 1.807) is 24.4 Å². The molecule has 0 bridgehead atoms. The molecular formula is C23H19N3O2. The van der Waals surface area contributed by atoms with Gasteiger partial charge in [-0.1, -0.05) is 36.4 Å². The fourth-order valence-corrected chi connectivity index (χ4v) is 3.23. The van der Waals surface area contributed by atoms with Crippen molar-refractivity contribution in [3.05, 3.63) is 93.9 Å². The number of fused-ring (bicyclic) bond motifs is 1. The van der Waals surface area contributed by atoms with Crippen molar-refractivity contribution in [3.8, 4) is 11.6 Å². The van der Waals surface area contributed by atoms with Gasteiger partial charge in [0.15, 0.2) is 5.82 Å². The highest BCUT2D eigenvalue weighted by Crippen LogP contribution is 2.26. The third kappa shape index (κ3) is 3.18. The van der Waals surface area contributed by atoms with Crippen molar-refractivity contribution < 1.29 is 5.11 Å². The number of aliphatic imine (C=N–C) groups is 1. The first kappa shape index (κ1) is 17.7. The van der Waals surface area contributed by atoms with Gasteiger partial charge in [0.2, 0.25) is 5.88 Å². The number of nitrogens with zero attached hydrogens (tertiary/aromatic N) is 3. The van der Waals surface area contributed by atoms with Crippen LogP contribution in [-0.2, 0) is 0 Å². The van der Waals surface area contributed by atoms with Gasteiger partial charge in [-0.2, -0.15) is 0 Å². The van der Waals surface area contributed by atoms with Crippen LogP contribution in [-0.4, -0.2) is 20.9 Å². The molecule has 5 heteroatoms. The van der Waals surface area contributed by atoms with Crippen LogP contribution in [0.3, 0.4) is 0 Å². The standard InChI is InChI=1S/C23H19N3O2/c1-15-7-5-9-17(13-15)26-22(27)19-11-4-3-10-18(19)20(23(26)28)14-24-21-12-6-8-16(2)25-21/h3-14,28H,1-2H3/b24-14+. The number of hydrogen-bond donors (Lipinski definition) is 1. The SMILES string of the molecule is Cc1cccc(-n2c(O)c(/C=N/c3cccc(C)n3)c3ccccc3c2=O)c1. The Bertz CT molecular complexity index is 1270. The largest absolute Gasteiger partial charge is 0.494 e. The summed E-state index contributed by atoms with van der Waals surface area (Å²) in [5, 5.41) is 12.2. The van der Waals surface area contributed by atoms with Crippen molar-refractivity contribution in [2.45, 2.75) is 13.8 Å². The molecule has 0 radical (unpaired) electrons. The molecule has 0 saturated carbocycles. The predicted octanol–water partition coefficient (Wildman–Crippen LogP) is 4.46. The fraction of sp³-hybridized carbons (Fsp3) is 0.0870. The molecule has 0 atom stereocenters. The third-order valence-corrected chi connectivity index (χ3v) is 4.56. The monoisotopic (exact) mass is 369 g/mol. The van der Waals surface area contributed by atoms with Gasteiger partial charge in [0.25, 0.3) is 5.56 Å². The first-order valence-electron chi connectivity index (χ1n) is 8.96. The van der Waals surface area contributed by atoms with Gasteiger partial charge >= 0.3 is 0 Å². The Hall–Kier alpha value is -3.73. The minimum atomic E-state index is -0.274. The number of rotatable bonds is 3. The summed E-state index contributed by atoms with van der Waals surface area (Å²) in [7, 11) is 0. The van der Waals surface area contributed by atoms with Gasteiger partial charge < -0.3 is 5.11 Å². The molecule has 0 aliphatic carbocycles. The van der Waals surface area contributed by atoms with Crippen LogP contribution < -0.4 is 5.56 Å². The molecule has 0 unspecified atom stereocenters. The summed E-state index contributed by atoms with van der Waals surface area (Å²) >= 11 is 0. The van der Waals surface area contributed by atoms with Crippen molar-refractivity contribution in [2.75, 3.05) is 0 Å². The van der Waals surface area contributed by atoms with E-state index in [1.165, 1.54) is 4.57 Å². The minimum Gasteiger partial charge on any atom is -0.494 e. The molecule has 0 aliphatic rings. The molecule has 0 spiro atoms. The highest BCUT2D eigenvalue weighted by molar-refractivity contribution is 6.02. The molecule has 0 fully saturated rings. The fourth-order valence-electron chi connectivity index (χ4n) is 3.23. The first-order valence-corrected chi connectivity index (χ1v) is 8.96. The van der Waals surface area contributed by atoms with Crippen LogP contribution in [0.15, 0.2) is 76.5 Å². The number of benzene rings is 2. The van der Waals surface area contributed by atoms with Crippen molar-refractivity contribution in [1.29, 1.82) is 0 Å². The number of aromatic nitrogens is 2. The summed E-state index contributed by atoms with van der Waals surface area (Å²) in [4.78, 5) is 21.9. The van der Waals surface area contributed by atoms with E-state index >= 15 is 0 Å². The van der Waals surface area contributed by atoms with Crippen molar-refractivity contribution in [3.63, 3.8) is 0 Å². The summed E-state index contributed by atoms with van der Waals surface area (Å²) in [6, 6.07) is 20.2. The Morgan fingerprint density at radius 3 is 2.46 bits per heavy atom. The van der Waals surface area contributed by atoms with Crippen molar-refractivity contribution in [1.82, 2.24) is 9.55 Å². The average molecular weight is 369 g/mol. The molecule has 2 heterocycles. The topological polar surface area (TPSA) is 67.5 Å². The van der Waals surface area contributed by atoms with Crippen LogP contribution in [0.5, 0.6) is 5.88 Å². The summed E-state index contributed by atoms with van der Waals surface area (Å²) in [6.45, 7) is 3.84. The molecule has 0 aliphatic heterocycles. The maximum atomic E-state index is 13.1. The maximum Gasteiger partial charge on any atom is 0.265 e. The second-order valence-electron chi connectivity index (χ2n) is 6.66. The number of pyridine rings is 2. The lowest BCUT2D eigenvalue weighted by atomic mass is 10.1. The smallest absolute Gasteiger partial charge is 0.265 e. The van der Waals surface area contributed by atoms with E-state index in [4.69, 9.17) is 0 Å². The zero-order chi connectivity index (χ0) is 19.7. The molecule has 28 heavy (non-hydrogen) atoms. The molecule has 4 rings (SSSR count). The van der Waals surface area contributed by atoms with Gasteiger partial charge in [0, 0.05) is 22.7 Å². The van der Waals surface area contributed by atoms with Crippen LogP contribution in [0.25, 0.3) is 16.5 Å². The molecule has 1 N–H and O–H groups in total. The molecule has 2 aromatic heterocycles. The van der Waals surface area contributed by atoms with E-state index in [-0.39, 0.29) is 11.4 Å². The molecule has 0 saturated heterocycles. The van der Waals surface area contributed by atoms with E-state index in [2.05, 4.69) is 9.98 Å². The Morgan fingerprint density at radius 2 is 1.71 bits per heavy atom. The quantitative estimate of drug-likeness (QED) is 0.542. The highest BCUT2D eigenvalue weighted by atomic mass is 16.3. The highest BCUT2D eigenvalue weighted by Gasteiger charge is 2.16. The van der Waals surface area contributed by atoms with Gasteiger partial charge in [-0.05, 0) is 49.7 Å². The van der Waals surface area contributed by atoms with E-state index in [0.717, 1.165) is 11.3 Å². The van der Waals surface area contributed by atoms with Crippen LogP contribution in [0.2, 0.25) is 0 Å². The van der Waals surface area contributed by atoms with Gasteiger partial charge in [-0.25, -0.2) is 14.5 Å². The maximum absolute atomic E-state index is 13.1. The van der Waals surface area contributed by atoms with Crippen LogP contribution in [0, 0.1) is 13.8 Å². The molecule has 5 nitrogen and oxygen atoms in total. The Kier molecular flexibility index (Phi) is 4.49. The second kappa shape index (κ2) is 7.12. The third-order valence-electron chi connectivity index (χ3n) is 4.56. The number of hydrogen-bond acceptors (Lipinski definition) is 4. The van der Waals surface area contributed by atoms with Crippen LogP contribution >= 0.6 is 0 Å². The lowest BCUT2D eigenvalue weighted by molar-refractivity contribution is 0.436. The number of aromatic hydroxyl groups is 1. The predicted molar refractivity (Wildman–Crippen MR) is 112 cm³/mol. The van der Waals surface area contributed by atoms with Crippen molar-refractivity contribution in [2.24, 2.45) is 4.99 Å². The van der Waals surface area contributed by atoms with Crippen LogP contribution in [0.4, 0.5) is 5.82 Å². The molecule has 138 valence electrons. The van der Waals surface area contributed by atoms with Crippen LogP contribution in [0.1, 0.15) is 16.8 Å². The van der Waals surface area contributed by atoms with E-state index < -0.39 is 0 Å². The van der Waals surface area contributed by atoms with Gasteiger partial charge in [-0.3, -0.25) is 4.79 Å². The Labute approximate surface area is 162 Å². The average Bonchev–Trinajstić information content (AvgIpc) is 2.68. The molecule has 2 aromatic carbocycles. The van der Waals surface area contributed by atoms with E-state index in [0.29, 0.717) is 27.8 Å². The summed E-state index contributed by atoms with van der Waals surface area (Å²) in [5.74, 6) is 0.391. The molecular weight excluding hydrogens is 350 g/mol. The zero-order valence-electron chi connectivity index (χ0n) is 15.6. The number of aryl methyl sites for hydroxylation is 2. The summed E-state index contributed by atoms with van der Waals surface area (Å²) in [6.07, 6.45) is 1.56. The minimum absolute atomic E-state index is 0.147. The lowest BCUT2D eigenvalue weighted by Gasteiger charge is -2.14. The molecule has 4 aromatic rings. The lowest BCUT2D eigenvalue weighted by Crippen LogP contribution is -2.20. The van der Waals surface area contributed by atoms with E-state index in [1.807, 2.05) is 62.4 Å². The molecule has 0 amide bonds. The van der Waals surface area contributed by atoms with Gasteiger partial charge in [-0.15, -0.1) is 0 Å².